The van der Waals surface area contributed by atoms with Crippen molar-refractivity contribution in [2.45, 2.75) is 57.0 Å². The van der Waals surface area contributed by atoms with E-state index in [0.717, 1.165) is 44.1 Å². The van der Waals surface area contributed by atoms with Crippen molar-refractivity contribution >= 4 is 6.09 Å². The highest BCUT2D eigenvalue weighted by atomic mass is 16.6. The molecule has 0 aromatic heterocycles. The third-order valence-corrected chi connectivity index (χ3v) is 5.45. The molecule has 5 heteroatoms. The monoisotopic (exact) mass is 319 g/mol. The summed E-state index contributed by atoms with van der Waals surface area (Å²) in [6.07, 6.45) is 4.24. The van der Waals surface area contributed by atoms with E-state index >= 15 is 0 Å². The van der Waals surface area contributed by atoms with Crippen LogP contribution in [0.5, 0.6) is 0 Å². The summed E-state index contributed by atoms with van der Waals surface area (Å²) in [6, 6.07) is 9.65. The molecule has 2 fully saturated rings. The van der Waals surface area contributed by atoms with Crippen LogP contribution in [-0.4, -0.2) is 30.1 Å². The van der Waals surface area contributed by atoms with Crippen LogP contribution in [-0.2, 0) is 16.1 Å². The van der Waals surface area contributed by atoms with Crippen molar-refractivity contribution in [3.63, 3.8) is 0 Å². The quantitative estimate of drug-likeness (QED) is 0.819. The van der Waals surface area contributed by atoms with Crippen LogP contribution >= 0.6 is 0 Å². The zero-order valence-corrected chi connectivity index (χ0v) is 13.6. The van der Waals surface area contributed by atoms with E-state index in [4.69, 9.17) is 9.47 Å². The van der Waals surface area contributed by atoms with Gasteiger partial charge in [0.2, 0.25) is 0 Å². The smallest absolute Gasteiger partial charge is 0.407 e. The standard InChI is InChI=1S/C18H25NO4/c1-22-15(20)17-8-5-9-18(13-17,11-10-17)19-16(21)23-12-14-6-3-2-4-7-14/h2-4,6-7,15,20H,5,8-13H2,1H3,(H,19,21). The van der Waals surface area contributed by atoms with Crippen LogP contribution in [0.2, 0.25) is 0 Å². The van der Waals surface area contributed by atoms with E-state index in [1.165, 1.54) is 7.11 Å². The number of hydrogen-bond acceptors (Lipinski definition) is 4. The van der Waals surface area contributed by atoms with Gasteiger partial charge in [-0.3, -0.25) is 0 Å². The Labute approximate surface area is 137 Å². The first-order valence-corrected chi connectivity index (χ1v) is 8.27. The number of benzene rings is 1. The highest BCUT2D eigenvalue weighted by molar-refractivity contribution is 5.68. The van der Waals surface area contributed by atoms with Crippen molar-refractivity contribution in [2.75, 3.05) is 7.11 Å². The molecular formula is C18H25NO4. The van der Waals surface area contributed by atoms with E-state index in [2.05, 4.69) is 5.32 Å². The molecule has 0 spiro atoms. The first-order chi connectivity index (χ1) is 11.1. The maximum atomic E-state index is 12.2. The summed E-state index contributed by atoms with van der Waals surface area (Å²) in [6.45, 7) is 0.272. The summed E-state index contributed by atoms with van der Waals surface area (Å²) in [5, 5.41) is 13.3. The first-order valence-electron chi connectivity index (χ1n) is 8.27. The van der Waals surface area contributed by atoms with E-state index < -0.39 is 6.29 Å². The fraction of sp³-hybridized carbons (Fsp3) is 0.611. The number of alkyl carbamates (subject to hydrolysis) is 1. The second-order valence-electron chi connectivity index (χ2n) is 6.95. The molecule has 0 radical (unpaired) electrons. The zero-order chi connectivity index (χ0) is 16.3. The molecule has 23 heavy (non-hydrogen) atoms. The van der Waals surface area contributed by atoms with Gasteiger partial charge in [0.1, 0.15) is 6.61 Å². The molecule has 2 bridgehead atoms. The SMILES string of the molecule is COC(O)C12CCCC(NC(=O)OCc3ccccc3)(CC1)C2. The minimum atomic E-state index is -0.758. The third-order valence-electron chi connectivity index (χ3n) is 5.45. The number of rotatable bonds is 5. The topological polar surface area (TPSA) is 67.8 Å². The third kappa shape index (κ3) is 3.35. The number of fused-ring (bicyclic) bond motifs is 2. The second kappa shape index (κ2) is 6.49. The van der Waals surface area contributed by atoms with Crippen molar-refractivity contribution in [2.24, 2.45) is 5.41 Å². The Morgan fingerprint density at radius 2 is 2.04 bits per heavy atom. The normalized spacial score (nSPS) is 30.7. The molecule has 0 saturated heterocycles. The van der Waals surface area contributed by atoms with Crippen LogP contribution in [0.3, 0.4) is 0 Å². The molecule has 1 aromatic carbocycles. The molecule has 0 heterocycles. The first kappa shape index (κ1) is 16.3. The number of ether oxygens (including phenoxy) is 2. The lowest BCUT2D eigenvalue weighted by Gasteiger charge is -2.41. The number of carbonyl (C=O) groups excluding carboxylic acids is 1. The van der Waals surface area contributed by atoms with Crippen molar-refractivity contribution < 1.29 is 19.4 Å². The van der Waals surface area contributed by atoms with Gasteiger partial charge >= 0.3 is 6.09 Å². The van der Waals surface area contributed by atoms with Crippen molar-refractivity contribution in [1.82, 2.24) is 5.32 Å². The van der Waals surface area contributed by atoms with E-state index in [-0.39, 0.29) is 23.7 Å². The van der Waals surface area contributed by atoms with Gasteiger partial charge in [-0.2, -0.15) is 0 Å². The zero-order valence-electron chi connectivity index (χ0n) is 13.6. The van der Waals surface area contributed by atoms with Gasteiger partial charge in [-0.15, -0.1) is 0 Å². The van der Waals surface area contributed by atoms with Gasteiger partial charge in [0.15, 0.2) is 6.29 Å². The van der Waals surface area contributed by atoms with Gasteiger partial charge < -0.3 is 19.9 Å². The van der Waals surface area contributed by atoms with Gasteiger partial charge in [-0.25, -0.2) is 4.79 Å². The lowest BCUT2D eigenvalue weighted by molar-refractivity contribution is -0.165. The predicted molar refractivity (Wildman–Crippen MR) is 85.6 cm³/mol. The predicted octanol–water partition coefficient (Wildman–Crippen LogP) is 2.97. The summed E-state index contributed by atoms with van der Waals surface area (Å²) in [5.41, 5.74) is 0.491. The summed E-state index contributed by atoms with van der Waals surface area (Å²) < 4.78 is 10.5. The molecular weight excluding hydrogens is 294 g/mol. The number of nitrogens with one attached hydrogen (secondary N) is 1. The Bertz CT molecular complexity index is 549. The van der Waals surface area contributed by atoms with Crippen LogP contribution in [0.15, 0.2) is 30.3 Å². The van der Waals surface area contributed by atoms with E-state index in [0.29, 0.717) is 0 Å². The van der Waals surface area contributed by atoms with E-state index in [1.54, 1.807) is 0 Å². The van der Waals surface area contributed by atoms with Crippen molar-refractivity contribution in [3.05, 3.63) is 35.9 Å². The Morgan fingerprint density at radius 3 is 2.78 bits per heavy atom. The lowest BCUT2D eigenvalue weighted by Crippen LogP contribution is -2.51. The van der Waals surface area contributed by atoms with Crippen LogP contribution < -0.4 is 5.32 Å². The maximum Gasteiger partial charge on any atom is 0.407 e. The highest BCUT2D eigenvalue weighted by Crippen LogP contribution is 2.55. The molecule has 1 aromatic rings. The van der Waals surface area contributed by atoms with Gasteiger partial charge in [-0.1, -0.05) is 36.8 Å². The largest absolute Gasteiger partial charge is 0.445 e. The Morgan fingerprint density at radius 1 is 1.26 bits per heavy atom. The highest BCUT2D eigenvalue weighted by Gasteiger charge is 2.55. The summed E-state index contributed by atoms with van der Waals surface area (Å²) in [7, 11) is 1.54. The number of carbonyl (C=O) groups is 1. The summed E-state index contributed by atoms with van der Waals surface area (Å²) >= 11 is 0. The lowest BCUT2D eigenvalue weighted by atomic mass is 9.72. The molecule has 3 unspecified atom stereocenters. The number of aliphatic hydroxyl groups is 1. The average molecular weight is 319 g/mol. The van der Waals surface area contributed by atoms with Gasteiger partial charge in [0.25, 0.3) is 0 Å². The Kier molecular flexibility index (Phi) is 4.60. The molecule has 0 aliphatic heterocycles. The van der Waals surface area contributed by atoms with Crippen LogP contribution in [0, 0.1) is 5.41 Å². The van der Waals surface area contributed by atoms with Gasteiger partial charge in [0, 0.05) is 18.1 Å². The molecule has 5 nitrogen and oxygen atoms in total. The molecule has 2 saturated carbocycles. The minimum Gasteiger partial charge on any atom is -0.445 e. The number of methoxy groups -OCH3 is 1. The summed E-state index contributed by atoms with van der Waals surface area (Å²) in [4.78, 5) is 12.2. The molecule has 1 amide bonds. The van der Waals surface area contributed by atoms with Crippen LogP contribution in [0.1, 0.15) is 44.1 Å². The molecule has 126 valence electrons. The fourth-order valence-electron chi connectivity index (χ4n) is 4.27. The van der Waals surface area contributed by atoms with Crippen molar-refractivity contribution in [3.8, 4) is 0 Å². The van der Waals surface area contributed by atoms with Crippen LogP contribution in [0.25, 0.3) is 0 Å². The average Bonchev–Trinajstić information content (AvgIpc) is 2.84. The molecule has 2 N–H and O–H groups in total. The maximum absolute atomic E-state index is 12.2. The molecule has 2 aliphatic rings. The Balaban J connectivity index is 1.58. The summed E-state index contributed by atoms with van der Waals surface area (Å²) in [5.74, 6) is 0. The number of hydrogen-bond donors (Lipinski definition) is 2. The van der Waals surface area contributed by atoms with Crippen molar-refractivity contribution in [1.29, 1.82) is 0 Å². The number of amides is 1. The second-order valence-corrected chi connectivity index (χ2v) is 6.95. The minimum absolute atomic E-state index is 0.223. The Hall–Kier alpha value is -1.59. The van der Waals surface area contributed by atoms with Gasteiger partial charge in [-0.05, 0) is 37.7 Å². The van der Waals surface area contributed by atoms with E-state index in [1.807, 2.05) is 30.3 Å². The van der Waals surface area contributed by atoms with Crippen LogP contribution in [0.4, 0.5) is 4.79 Å². The number of aliphatic hydroxyl groups excluding tert-OH is 1. The molecule has 3 rings (SSSR count). The molecule has 3 atom stereocenters. The van der Waals surface area contributed by atoms with Gasteiger partial charge in [0.05, 0.1) is 0 Å². The van der Waals surface area contributed by atoms with E-state index in [9.17, 15) is 9.90 Å². The fourth-order valence-corrected chi connectivity index (χ4v) is 4.27. The molecule has 2 aliphatic carbocycles.